The van der Waals surface area contributed by atoms with E-state index in [4.69, 9.17) is 31.9 Å². The average Bonchev–Trinajstić information content (AvgIpc) is 3.41. The van der Waals surface area contributed by atoms with Crippen LogP contribution in [0.5, 0.6) is 6.01 Å². The molecule has 1 aliphatic heterocycles. The lowest BCUT2D eigenvalue weighted by Crippen LogP contribution is -2.32. The van der Waals surface area contributed by atoms with Crippen LogP contribution in [0, 0.1) is 0 Å². The first-order chi connectivity index (χ1) is 16.9. The smallest absolute Gasteiger partial charge is 0.296 e. The number of ether oxygens (including phenoxy) is 2. The largest absolute Gasteiger partial charge is 0.456 e. The first-order valence-electron chi connectivity index (χ1n) is 10.9. The van der Waals surface area contributed by atoms with Gasteiger partial charge in [0, 0.05) is 11.3 Å². The lowest BCUT2D eigenvalue weighted by atomic mass is 10.0. The monoisotopic (exact) mass is 516 g/mol. The van der Waals surface area contributed by atoms with Crippen LogP contribution in [0.4, 0.5) is 10.1 Å². The summed E-state index contributed by atoms with van der Waals surface area (Å²) >= 11 is 8.23. The van der Waals surface area contributed by atoms with Crippen molar-refractivity contribution in [2.75, 3.05) is 31.5 Å². The maximum atomic E-state index is 14.2. The van der Waals surface area contributed by atoms with E-state index >= 15 is 0 Å². The lowest BCUT2D eigenvalue weighted by Gasteiger charge is -2.13. The van der Waals surface area contributed by atoms with Gasteiger partial charge in [-0.15, -0.1) is 0 Å². The number of H-pyrrole nitrogens is 1. The maximum Gasteiger partial charge on any atom is 0.296 e. The summed E-state index contributed by atoms with van der Waals surface area (Å²) < 4.78 is 25.0. The van der Waals surface area contributed by atoms with E-state index in [1.807, 2.05) is 61.0 Å². The molecule has 2 aromatic heterocycles. The number of aliphatic hydroxyl groups is 1. The van der Waals surface area contributed by atoms with Crippen LogP contribution in [-0.2, 0) is 4.74 Å². The molecule has 5 rings (SSSR count). The molecule has 0 radical (unpaired) electrons. The van der Waals surface area contributed by atoms with Crippen LogP contribution in [0.2, 0.25) is 5.02 Å². The molecule has 0 saturated carbocycles. The lowest BCUT2D eigenvalue weighted by molar-refractivity contribution is 0.0302. The van der Waals surface area contributed by atoms with Crippen molar-refractivity contribution in [2.24, 2.45) is 0 Å². The van der Waals surface area contributed by atoms with Gasteiger partial charge in [0.15, 0.2) is 17.9 Å². The van der Waals surface area contributed by atoms with Crippen LogP contribution in [0.15, 0.2) is 54.6 Å². The zero-order valence-corrected chi connectivity index (χ0v) is 20.8. The second-order valence-electron chi connectivity index (χ2n) is 7.99. The number of nitrogen functional groups attached to an aromatic ring is 1. The fourth-order valence-corrected chi connectivity index (χ4v) is 3.95. The Balaban J connectivity index is 0.000000917. The number of imidazole rings is 1. The van der Waals surface area contributed by atoms with Gasteiger partial charge in [0.25, 0.3) is 6.01 Å². The van der Waals surface area contributed by atoms with Crippen LogP contribution in [-0.4, -0.2) is 64.2 Å². The Hall–Kier alpha value is -2.85. The second kappa shape index (κ2) is 11.3. The summed E-state index contributed by atoms with van der Waals surface area (Å²) in [7, 11) is 0. The standard InChI is InChI=1S/C23H20ClFN4O3.C2H6S/c24-16-9-17-22(29-23(27-17)32-19-11-31-18(10-30)20(19)25)28-21(16)14-3-1-12(2-4-14)13-5-7-15(26)8-6-13;1-3-2/h1-9,18-20,30H,10-11,26H2,(H,27,28,29);1-2H3/t18-,19-,20+;/m1./s1. The minimum Gasteiger partial charge on any atom is -0.456 e. The van der Waals surface area contributed by atoms with Crippen molar-refractivity contribution >= 4 is 40.2 Å². The Bertz CT molecular complexity index is 1270. The van der Waals surface area contributed by atoms with Gasteiger partial charge in [-0.25, -0.2) is 9.37 Å². The summed E-state index contributed by atoms with van der Waals surface area (Å²) in [5.74, 6) is 0. The van der Waals surface area contributed by atoms with Gasteiger partial charge >= 0.3 is 0 Å². The minimum absolute atomic E-state index is 0.0310. The molecular weight excluding hydrogens is 491 g/mol. The Kier molecular flexibility index (Phi) is 8.12. The third-order valence-electron chi connectivity index (χ3n) is 5.44. The van der Waals surface area contributed by atoms with Crippen LogP contribution in [0.1, 0.15) is 0 Å². The van der Waals surface area contributed by atoms with Crippen molar-refractivity contribution in [2.45, 2.75) is 18.4 Å². The Morgan fingerprint density at radius 1 is 1.11 bits per heavy atom. The highest BCUT2D eigenvalue weighted by Crippen LogP contribution is 2.32. The third-order valence-corrected chi connectivity index (χ3v) is 5.72. The molecule has 3 heterocycles. The van der Waals surface area contributed by atoms with E-state index in [0.717, 1.165) is 16.7 Å². The minimum atomic E-state index is -1.44. The number of benzene rings is 2. The number of fused-ring (bicyclic) bond motifs is 1. The van der Waals surface area contributed by atoms with Crippen LogP contribution < -0.4 is 10.5 Å². The molecule has 1 aliphatic rings. The summed E-state index contributed by atoms with van der Waals surface area (Å²) in [5.41, 5.74) is 11.0. The fraction of sp³-hybridized carbons (Fsp3) is 0.280. The molecule has 184 valence electrons. The number of aromatic nitrogens is 3. The van der Waals surface area contributed by atoms with Gasteiger partial charge in [-0.3, -0.25) is 0 Å². The van der Waals surface area contributed by atoms with Gasteiger partial charge < -0.3 is 25.3 Å². The second-order valence-corrected chi connectivity index (χ2v) is 9.22. The number of hydrogen-bond donors (Lipinski definition) is 3. The number of pyridine rings is 1. The number of aliphatic hydroxyl groups excluding tert-OH is 1. The van der Waals surface area contributed by atoms with Gasteiger partial charge in [0.05, 0.1) is 29.4 Å². The Morgan fingerprint density at radius 3 is 2.31 bits per heavy atom. The highest BCUT2D eigenvalue weighted by Gasteiger charge is 2.39. The normalized spacial score (nSPS) is 19.4. The number of nitrogens with two attached hydrogens (primary N) is 1. The molecule has 2 aromatic carbocycles. The van der Waals surface area contributed by atoms with Gasteiger partial charge in [0.1, 0.15) is 6.10 Å². The number of thioether (sulfide) groups is 1. The van der Waals surface area contributed by atoms with E-state index < -0.39 is 25.0 Å². The highest BCUT2D eigenvalue weighted by molar-refractivity contribution is 7.97. The Labute approximate surface area is 211 Å². The fourth-order valence-electron chi connectivity index (χ4n) is 3.69. The molecule has 0 amide bonds. The average molecular weight is 517 g/mol. The van der Waals surface area contributed by atoms with E-state index in [2.05, 4.69) is 15.0 Å². The van der Waals surface area contributed by atoms with E-state index in [9.17, 15) is 4.39 Å². The summed E-state index contributed by atoms with van der Waals surface area (Å²) in [4.78, 5) is 11.8. The van der Waals surface area contributed by atoms with E-state index in [-0.39, 0.29) is 12.6 Å². The van der Waals surface area contributed by atoms with Crippen LogP contribution in [0.3, 0.4) is 0 Å². The van der Waals surface area contributed by atoms with E-state index in [0.29, 0.717) is 27.6 Å². The molecular formula is C25H26ClFN4O3S. The van der Waals surface area contributed by atoms with Crippen molar-refractivity contribution in [1.82, 2.24) is 15.0 Å². The summed E-state index contributed by atoms with van der Waals surface area (Å²) in [6.07, 6.45) is 0.892. The highest BCUT2D eigenvalue weighted by atomic mass is 35.5. The first-order valence-corrected chi connectivity index (χ1v) is 12.9. The first kappa shape index (κ1) is 25.2. The molecule has 0 bridgehead atoms. The van der Waals surface area contributed by atoms with Crippen LogP contribution >= 0.6 is 23.4 Å². The topological polar surface area (TPSA) is 106 Å². The molecule has 1 saturated heterocycles. The zero-order valence-electron chi connectivity index (χ0n) is 19.2. The van der Waals surface area contributed by atoms with Gasteiger partial charge in [-0.05, 0) is 41.8 Å². The molecule has 0 spiro atoms. The van der Waals surface area contributed by atoms with E-state index in [1.54, 1.807) is 17.8 Å². The van der Waals surface area contributed by atoms with Crippen LogP contribution in [0.25, 0.3) is 33.5 Å². The SMILES string of the molecule is CSC.Nc1ccc(-c2ccc(-c3nc4nc(O[C@@H]5CO[C@H](CO)[C@@H]5F)[nH]c4cc3Cl)cc2)cc1. The molecule has 4 N–H and O–H groups in total. The summed E-state index contributed by atoms with van der Waals surface area (Å²) in [6, 6.07) is 17.3. The summed E-state index contributed by atoms with van der Waals surface area (Å²) in [6.45, 7) is -0.373. The molecule has 1 fully saturated rings. The number of rotatable bonds is 5. The molecule has 0 aliphatic carbocycles. The predicted octanol–water partition coefficient (Wildman–Crippen LogP) is 4.98. The van der Waals surface area contributed by atoms with Crippen molar-refractivity contribution in [3.05, 3.63) is 59.6 Å². The van der Waals surface area contributed by atoms with Gasteiger partial charge in [-0.2, -0.15) is 16.7 Å². The molecule has 35 heavy (non-hydrogen) atoms. The molecule has 3 atom stereocenters. The molecule has 10 heteroatoms. The number of nitrogens with zero attached hydrogens (tertiary/aromatic N) is 2. The molecule has 4 aromatic rings. The number of halogens is 2. The molecule has 0 unspecified atom stereocenters. The zero-order chi connectivity index (χ0) is 24.9. The van der Waals surface area contributed by atoms with Crippen molar-refractivity contribution < 1.29 is 19.0 Å². The number of hydrogen-bond acceptors (Lipinski definition) is 7. The van der Waals surface area contributed by atoms with Crippen molar-refractivity contribution in [3.8, 4) is 28.4 Å². The molecule has 7 nitrogen and oxygen atoms in total. The van der Waals surface area contributed by atoms with Crippen molar-refractivity contribution in [1.29, 1.82) is 0 Å². The predicted molar refractivity (Wildman–Crippen MR) is 140 cm³/mol. The van der Waals surface area contributed by atoms with E-state index in [1.165, 1.54) is 0 Å². The van der Waals surface area contributed by atoms with Gasteiger partial charge in [0.2, 0.25) is 0 Å². The number of nitrogens with one attached hydrogen (secondary N) is 1. The summed E-state index contributed by atoms with van der Waals surface area (Å²) in [5, 5.41) is 9.57. The number of aromatic amines is 1. The maximum absolute atomic E-state index is 14.2. The number of anilines is 1. The van der Waals surface area contributed by atoms with Gasteiger partial charge in [-0.1, -0.05) is 48.0 Å². The Morgan fingerprint density at radius 2 is 1.71 bits per heavy atom. The number of alkyl halides is 1. The van der Waals surface area contributed by atoms with Crippen molar-refractivity contribution in [3.63, 3.8) is 0 Å². The quantitative estimate of drug-likeness (QED) is 0.321. The third kappa shape index (κ3) is 5.70.